The molecule has 0 unspecified atom stereocenters. The van der Waals surface area contributed by atoms with Crippen LogP contribution in [0.25, 0.3) is 22.3 Å². The van der Waals surface area contributed by atoms with Crippen molar-refractivity contribution in [3.05, 3.63) is 94.9 Å². The Labute approximate surface area is 403 Å². The van der Waals surface area contributed by atoms with Crippen molar-refractivity contribution in [3.8, 4) is 29.4 Å². The van der Waals surface area contributed by atoms with E-state index in [0.717, 1.165) is 92.0 Å². The minimum absolute atomic E-state index is 0.0241. The number of aliphatic hydroxyl groups is 1. The number of fused-ring (bicyclic) bond motifs is 3. The number of β-amino-alcohol motifs (C(OH)–C–C–N with tert-alkyl or cyclic N) is 1. The van der Waals surface area contributed by atoms with Gasteiger partial charge in [-0.25, -0.2) is 14.8 Å². The zero-order chi connectivity index (χ0) is 48.2. The number of piperidine rings is 1. The number of para-hydroxylation sites is 1. The molecule has 5 aliphatic rings. The van der Waals surface area contributed by atoms with Gasteiger partial charge in [-0.15, -0.1) is 16.6 Å². The number of benzene rings is 2. The number of aromatic hydroxyl groups is 1. The van der Waals surface area contributed by atoms with Crippen molar-refractivity contribution in [2.45, 2.75) is 115 Å². The number of likely N-dealkylation sites (tertiary alicyclic amines) is 3. The number of nitrogens with zero attached hydrogens (tertiary/aromatic N) is 8. The summed E-state index contributed by atoms with van der Waals surface area (Å²) in [4.78, 5) is 62.9. The number of aromatic nitrogens is 5. The van der Waals surface area contributed by atoms with Gasteiger partial charge in [-0.2, -0.15) is 0 Å². The summed E-state index contributed by atoms with van der Waals surface area (Å²) in [6.45, 7) is 12.3. The molecule has 16 nitrogen and oxygen atoms in total. The maximum atomic E-state index is 14.2. The van der Waals surface area contributed by atoms with Crippen LogP contribution in [0.3, 0.4) is 0 Å². The van der Waals surface area contributed by atoms with Crippen LogP contribution in [0.2, 0.25) is 0 Å². The summed E-state index contributed by atoms with van der Waals surface area (Å²) < 4.78 is 0. The third kappa shape index (κ3) is 8.98. The van der Waals surface area contributed by atoms with E-state index in [1.54, 1.807) is 12.1 Å². The van der Waals surface area contributed by atoms with Crippen molar-refractivity contribution in [2.24, 2.45) is 10.8 Å². The van der Waals surface area contributed by atoms with E-state index >= 15 is 0 Å². The van der Waals surface area contributed by atoms with Gasteiger partial charge in [0, 0.05) is 97.2 Å². The molecular formula is C53H63N11O5. The minimum atomic E-state index is -0.885. The van der Waals surface area contributed by atoms with Crippen LogP contribution < -0.4 is 15.5 Å². The maximum Gasteiger partial charge on any atom is 0.318 e. The molecule has 16 heteroatoms. The minimum Gasteiger partial charge on any atom is -0.507 e. The predicted molar refractivity (Wildman–Crippen MR) is 262 cm³/mol. The summed E-state index contributed by atoms with van der Waals surface area (Å²) >= 11 is 0. The number of aliphatic hydroxyl groups excluding tert-OH is 1. The summed E-state index contributed by atoms with van der Waals surface area (Å²) in [5.74, 6) is 3.16. The average Bonchev–Trinajstić information content (AvgIpc) is 3.91. The van der Waals surface area contributed by atoms with E-state index in [1.807, 2.05) is 80.5 Å². The first kappa shape index (κ1) is 46.2. The fourth-order valence-electron chi connectivity index (χ4n) is 11.7. The first-order valence-electron chi connectivity index (χ1n) is 24.6. The summed E-state index contributed by atoms with van der Waals surface area (Å²) in [5, 5.41) is 37.0. The van der Waals surface area contributed by atoms with Crippen LogP contribution in [0, 0.1) is 23.2 Å². The van der Waals surface area contributed by atoms with Gasteiger partial charge in [-0.05, 0) is 98.0 Å². The molecule has 69 heavy (non-hydrogen) atoms. The Morgan fingerprint density at radius 1 is 1.00 bits per heavy atom. The number of amides is 4. The van der Waals surface area contributed by atoms with Crippen molar-refractivity contribution in [2.75, 3.05) is 44.2 Å². The fourth-order valence-corrected chi connectivity index (χ4v) is 11.7. The molecule has 0 radical (unpaired) electrons. The van der Waals surface area contributed by atoms with E-state index in [4.69, 9.17) is 16.4 Å². The Hall–Kier alpha value is -6.57. The molecule has 1 spiro atoms. The van der Waals surface area contributed by atoms with Gasteiger partial charge < -0.3 is 45.4 Å². The number of terminal acetylenes is 1. The Bertz CT molecular complexity index is 2760. The number of aromatic amines is 1. The van der Waals surface area contributed by atoms with Gasteiger partial charge in [-0.1, -0.05) is 57.9 Å². The second kappa shape index (κ2) is 18.4. The van der Waals surface area contributed by atoms with E-state index in [2.05, 4.69) is 48.5 Å². The van der Waals surface area contributed by atoms with Gasteiger partial charge in [0.2, 0.25) is 17.8 Å². The highest BCUT2D eigenvalue weighted by Gasteiger charge is 2.56. The molecule has 7 heterocycles. The number of carbonyl (C=O) groups is 3. The third-order valence-electron chi connectivity index (χ3n) is 15.5. The SMILES string of the molecule is C#Cc1ccc(CNC(=O)[C@@H]2C[C@@H](O)CN2C(=O)[C@@H](NC(=O)N2CC3(CC(N4CCC(c5cnc(N6CCc7[nH]c8nnc(-c9ccccc9O)cc8c7[C@H]6CC)nc5)CC4)C3)C2)C(C)(C)C)cc1. The van der Waals surface area contributed by atoms with E-state index in [1.165, 1.54) is 16.0 Å². The number of nitrogens with one attached hydrogen (secondary N) is 3. The highest BCUT2D eigenvalue weighted by molar-refractivity contribution is 5.93. The van der Waals surface area contributed by atoms with Gasteiger partial charge in [0.05, 0.1) is 17.8 Å². The number of rotatable bonds is 10. The third-order valence-corrected chi connectivity index (χ3v) is 15.5. The zero-order valence-electron chi connectivity index (χ0n) is 40.0. The van der Waals surface area contributed by atoms with Crippen molar-refractivity contribution < 1.29 is 24.6 Å². The Morgan fingerprint density at radius 3 is 2.41 bits per heavy atom. The van der Waals surface area contributed by atoms with Gasteiger partial charge in [0.15, 0.2) is 5.65 Å². The van der Waals surface area contributed by atoms with E-state index in [0.29, 0.717) is 36.3 Å². The Kier molecular flexibility index (Phi) is 12.3. The molecule has 5 N–H and O–H groups in total. The first-order valence-corrected chi connectivity index (χ1v) is 24.6. The Balaban J connectivity index is 0.700. The standard InChI is InChI=1S/C53H63N11O5/c1-6-32-12-14-33(15-13-32)26-54-48(67)43-22-37(65)29-64(43)49(68)46(52(3,4)5)58-51(69)62-30-53(31-62)24-36(25-53)61-19-16-34(17-20-61)35-27-55-50(56-28-35)63-21-18-40-45(42(63)7-2)39-23-41(59-60-47(39)57-40)38-10-8-9-11-44(38)66/h1,8-15,23,27-28,34,36-37,42-43,46,65-66H,7,16-22,24-26,29-31H2,2-5H3,(H,54,67)(H,57,60)(H,58,69)/t37-,42-,43+,46-/m1/s1. The largest absolute Gasteiger partial charge is 0.507 e. The van der Waals surface area contributed by atoms with Crippen molar-refractivity contribution >= 4 is 34.8 Å². The molecule has 1 aliphatic carbocycles. The van der Waals surface area contributed by atoms with Gasteiger partial charge in [-0.3, -0.25) is 9.59 Å². The van der Waals surface area contributed by atoms with Crippen molar-refractivity contribution in [1.29, 1.82) is 0 Å². The molecule has 4 amide bonds. The first-order chi connectivity index (χ1) is 33.2. The van der Waals surface area contributed by atoms with E-state index in [9.17, 15) is 24.6 Å². The molecule has 4 aliphatic heterocycles. The molecule has 4 atom stereocenters. The second-order valence-corrected chi connectivity index (χ2v) is 21.1. The quantitative estimate of drug-likeness (QED) is 0.109. The number of phenolic OH excluding ortho intramolecular Hbond substituents is 1. The summed E-state index contributed by atoms with van der Waals surface area (Å²) in [6.07, 6.45) is 14.7. The van der Waals surface area contributed by atoms with Crippen LogP contribution >= 0.6 is 0 Å². The topological polar surface area (TPSA) is 196 Å². The number of carbonyl (C=O) groups excluding carboxylic acids is 3. The average molecular weight is 934 g/mol. The molecule has 360 valence electrons. The van der Waals surface area contributed by atoms with Crippen molar-refractivity contribution in [3.63, 3.8) is 0 Å². The molecular weight excluding hydrogens is 871 g/mol. The molecule has 3 saturated heterocycles. The van der Waals surface area contributed by atoms with Crippen LogP contribution in [0.5, 0.6) is 5.75 Å². The zero-order valence-corrected chi connectivity index (χ0v) is 40.0. The van der Waals surface area contributed by atoms with Crippen LogP contribution in [-0.4, -0.2) is 131 Å². The normalized spacial score (nSPS) is 22.1. The predicted octanol–water partition coefficient (Wildman–Crippen LogP) is 5.66. The van der Waals surface area contributed by atoms with Crippen molar-refractivity contribution in [1.82, 2.24) is 50.5 Å². The van der Waals surface area contributed by atoms with Crippen LogP contribution in [0.15, 0.2) is 67.0 Å². The molecule has 2 aromatic carbocycles. The molecule has 0 bridgehead atoms. The van der Waals surface area contributed by atoms with Crippen LogP contribution in [0.1, 0.15) is 106 Å². The van der Waals surface area contributed by atoms with Crippen LogP contribution in [0.4, 0.5) is 10.7 Å². The van der Waals surface area contributed by atoms with Gasteiger partial charge in [0.1, 0.15) is 17.8 Å². The summed E-state index contributed by atoms with van der Waals surface area (Å²) in [5.41, 5.74) is 6.65. The molecule has 10 rings (SSSR count). The Morgan fingerprint density at radius 2 is 1.72 bits per heavy atom. The lowest BCUT2D eigenvalue weighted by atomic mass is 9.60. The summed E-state index contributed by atoms with van der Waals surface area (Å²) in [7, 11) is 0. The summed E-state index contributed by atoms with van der Waals surface area (Å²) in [6, 6.07) is 15.1. The second-order valence-electron chi connectivity index (χ2n) is 21.1. The smallest absolute Gasteiger partial charge is 0.318 e. The molecule has 1 saturated carbocycles. The van der Waals surface area contributed by atoms with Crippen LogP contribution in [-0.2, 0) is 22.6 Å². The highest BCUT2D eigenvalue weighted by atomic mass is 16.3. The number of hydrogen-bond acceptors (Lipinski definition) is 11. The molecule has 4 fully saturated rings. The lowest BCUT2D eigenvalue weighted by Crippen LogP contribution is -2.70. The number of H-pyrrole nitrogens is 1. The lowest BCUT2D eigenvalue weighted by molar-refractivity contribution is -0.142. The fraction of sp³-hybridized carbons (Fsp3) is 0.491. The lowest BCUT2D eigenvalue weighted by Gasteiger charge is -2.61. The molecule has 5 aromatic rings. The highest BCUT2D eigenvalue weighted by Crippen LogP contribution is 2.51. The number of urea groups is 1. The maximum absolute atomic E-state index is 14.2. The number of hydrogen-bond donors (Lipinski definition) is 5. The monoisotopic (exact) mass is 934 g/mol. The van der Waals surface area contributed by atoms with E-state index < -0.39 is 23.6 Å². The van der Waals surface area contributed by atoms with Gasteiger partial charge in [0.25, 0.3) is 0 Å². The number of phenols is 1. The van der Waals surface area contributed by atoms with Gasteiger partial charge >= 0.3 is 6.03 Å². The van der Waals surface area contributed by atoms with E-state index in [-0.39, 0.29) is 54.6 Å². The molecule has 3 aromatic heterocycles. The number of anilines is 1.